The molecule has 0 saturated heterocycles. The van der Waals surface area contributed by atoms with Crippen LogP contribution < -0.4 is 15.4 Å². The van der Waals surface area contributed by atoms with Gasteiger partial charge in [-0.2, -0.15) is 0 Å². The van der Waals surface area contributed by atoms with Gasteiger partial charge in [0.15, 0.2) is 0 Å². The summed E-state index contributed by atoms with van der Waals surface area (Å²) in [7, 11) is 0. The summed E-state index contributed by atoms with van der Waals surface area (Å²) in [5, 5.41) is 14.7. The number of nitrogens with one attached hydrogen (secondary N) is 2. The maximum Gasteiger partial charge on any atom is 0.417 e. The number of hydrogen-bond donors (Lipinski definition) is 3. The van der Waals surface area contributed by atoms with Gasteiger partial charge in [-0.15, -0.1) is 0 Å². The topological polar surface area (TPSA) is 105 Å². The second-order valence-electron chi connectivity index (χ2n) is 6.57. The SMILES string of the molecule is O=C(Nc1ccccc1)Oc1ccc(C[C@H](NC(=O)c2ccccc2I)C(=O)O)cc1. The molecule has 0 heterocycles. The third-order valence-electron chi connectivity index (χ3n) is 4.32. The monoisotopic (exact) mass is 530 g/mol. The van der Waals surface area contributed by atoms with Gasteiger partial charge in [0.1, 0.15) is 11.8 Å². The number of carboxylic acid groups (broad SMARTS) is 1. The molecule has 0 radical (unpaired) electrons. The summed E-state index contributed by atoms with van der Waals surface area (Å²) in [6, 6.07) is 21.2. The number of benzene rings is 3. The van der Waals surface area contributed by atoms with E-state index >= 15 is 0 Å². The molecule has 0 aliphatic carbocycles. The van der Waals surface area contributed by atoms with Crippen molar-refractivity contribution in [2.75, 3.05) is 5.32 Å². The Bertz CT molecular complexity index is 1070. The Balaban J connectivity index is 1.60. The summed E-state index contributed by atoms with van der Waals surface area (Å²) >= 11 is 2.03. The molecule has 7 nitrogen and oxygen atoms in total. The molecule has 0 unspecified atom stereocenters. The van der Waals surface area contributed by atoms with Gasteiger partial charge < -0.3 is 15.2 Å². The van der Waals surface area contributed by atoms with Crippen molar-refractivity contribution in [1.29, 1.82) is 0 Å². The molecule has 0 saturated carbocycles. The molecule has 3 N–H and O–H groups in total. The molecule has 0 aliphatic rings. The van der Waals surface area contributed by atoms with Crippen LogP contribution in [-0.2, 0) is 11.2 Å². The van der Waals surface area contributed by atoms with Gasteiger partial charge in [0.2, 0.25) is 0 Å². The Hall–Kier alpha value is -3.40. The molecule has 0 bridgehead atoms. The van der Waals surface area contributed by atoms with E-state index in [9.17, 15) is 19.5 Å². The highest BCUT2D eigenvalue weighted by Crippen LogP contribution is 2.16. The van der Waals surface area contributed by atoms with E-state index in [4.69, 9.17) is 4.74 Å². The van der Waals surface area contributed by atoms with E-state index in [1.54, 1.807) is 72.8 Å². The average molecular weight is 530 g/mol. The maximum absolute atomic E-state index is 12.5. The van der Waals surface area contributed by atoms with Crippen LogP contribution in [0.5, 0.6) is 5.75 Å². The number of hydrogen-bond acceptors (Lipinski definition) is 4. The van der Waals surface area contributed by atoms with Gasteiger partial charge >= 0.3 is 12.1 Å². The van der Waals surface area contributed by atoms with Gasteiger partial charge in [-0.25, -0.2) is 9.59 Å². The third-order valence-corrected chi connectivity index (χ3v) is 5.26. The predicted molar refractivity (Wildman–Crippen MR) is 124 cm³/mol. The van der Waals surface area contributed by atoms with Crippen LogP contribution in [0.25, 0.3) is 0 Å². The zero-order valence-corrected chi connectivity index (χ0v) is 18.4. The first-order valence-corrected chi connectivity index (χ1v) is 10.4. The molecule has 3 aromatic carbocycles. The molecule has 31 heavy (non-hydrogen) atoms. The number of para-hydroxylation sites is 1. The van der Waals surface area contributed by atoms with E-state index in [0.717, 1.165) is 3.57 Å². The number of anilines is 1. The molecule has 8 heteroatoms. The number of aliphatic carboxylic acids is 1. The molecular weight excluding hydrogens is 511 g/mol. The number of carbonyl (C=O) groups excluding carboxylic acids is 2. The fourth-order valence-corrected chi connectivity index (χ4v) is 3.41. The lowest BCUT2D eigenvalue weighted by Gasteiger charge is -2.15. The molecule has 0 fully saturated rings. The molecule has 2 amide bonds. The average Bonchev–Trinajstić information content (AvgIpc) is 2.75. The van der Waals surface area contributed by atoms with Crippen LogP contribution in [-0.4, -0.2) is 29.1 Å². The Morgan fingerprint density at radius 2 is 1.55 bits per heavy atom. The van der Waals surface area contributed by atoms with Crippen LogP contribution in [0.15, 0.2) is 78.9 Å². The molecule has 0 spiro atoms. The Labute approximate surface area is 192 Å². The molecule has 0 aromatic heterocycles. The molecule has 0 aliphatic heterocycles. The summed E-state index contributed by atoms with van der Waals surface area (Å²) in [4.78, 5) is 36.1. The number of ether oxygens (including phenoxy) is 1. The van der Waals surface area contributed by atoms with Gasteiger partial charge in [-0.3, -0.25) is 10.1 Å². The second kappa shape index (κ2) is 10.6. The molecular formula is C23H19IN2O5. The Kier molecular flexibility index (Phi) is 7.60. The molecule has 3 rings (SSSR count). The molecule has 158 valence electrons. The standard InChI is InChI=1S/C23H19IN2O5/c24-19-9-5-4-8-18(19)21(27)26-20(22(28)29)14-15-10-12-17(13-11-15)31-23(30)25-16-6-2-1-3-7-16/h1-13,20H,14H2,(H,25,30)(H,26,27)(H,28,29)/t20-/m0/s1. The highest BCUT2D eigenvalue weighted by atomic mass is 127. The Morgan fingerprint density at radius 3 is 2.19 bits per heavy atom. The zero-order valence-electron chi connectivity index (χ0n) is 16.2. The van der Waals surface area contributed by atoms with Gasteiger partial charge in [-0.1, -0.05) is 42.5 Å². The first-order chi connectivity index (χ1) is 14.9. The van der Waals surface area contributed by atoms with Crippen molar-refractivity contribution in [3.05, 3.63) is 93.6 Å². The molecule has 3 aromatic rings. The van der Waals surface area contributed by atoms with Crippen LogP contribution in [0.3, 0.4) is 0 Å². The van der Waals surface area contributed by atoms with E-state index in [-0.39, 0.29) is 6.42 Å². The van der Waals surface area contributed by atoms with Crippen molar-refractivity contribution in [3.8, 4) is 5.75 Å². The van der Waals surface area contributed by atoms with Crippen LogP contribution in [0.4, 0.5) is 10.5 Å². The summed E-state index contributed by atoms with van der Waals surface area (Å²) in [5.74, 6) is -1.27. The summed E-state index contributed by atoms with van der Waals surface area (Å²) in [6.45, 7) is 0. The van der Waals surface area contributed by atoms with E-state index in [1.165, 1.54) is 0 Å². The van der Waals surface area contributed by atoms with Crippen molar-refractivity contribution >= 4 is 46.2 Å². The number of rotatable bonds is 7. The smallest absolute Gasteiger partial charge is 0.417 e. The lowest BCUT2D eigenvalue weighted by molar-refractivity contribution is -0.139. The second-order valence-corrected chi connectivity index (χ2v) is 7.73. The largest absolute Gasteiger partial charge is 0.480 e. The van der Waals surface area contributed by atoms with Gasteiger partial charge in [0, 0.05) is 15.7 Å². The fourth-order valence-electron chi connectivity index (χ4n) is 2.78. The Morgan fingerprint density at radius 1 is 0.903 bits per heavy atom. The quantitative estimate of drug-likeness (QED) is 0.395. The lowest BCUT2D eigenvalue weighted by Crippen LogP contribution is -2.42. The van der Waals surface area contributed by atoms with Gasteiger partial charge in [0.05, 0.1) is 5.56 Å². The molecule has 1 atom stereocenters. The minimum atomic E-state index is -1.14. The lowest BCUT2D eigenvalue weighted by atomic mass is 10.1. The van der Waals surface area contributed by atoms with Crippen molar-refractivity contribution in [1.82, 2.24) is 5.32 Å². The number of carboxylic acids is 1. The van der Waals surface area contributed by atoms with E-state index < -0.39 is 24.0 Å². The summed E-state index contributed by atoms with van der Waals surface area (Å²) in [5.41, 5.74) is 1.70. The predicted octanol–water partition coefficient (Wildman–Crippen LogP) is 4.33. The van der Waals surface area contributed by atoms with Crippen LogP contribution >= 0.6 is 22.6 Å². The summed E-state index contributed by atoms with van der Waals surface area (Å²) in [6.07, 6.45) is -0.548. The number of halogens is 1. The van der Waals surface area contributed by atoms with E-state index in [0.29, 0.717) is 22.6 Å². The van der Waals surface area contributed by atoms with Crippen molar-refractivity contribution < 1.29 is 24.2 Å². The first kappa shape index (κ1) is 22.3. The first-order valence-electron chi connectivity index (χ1n) is 9.33. The van der Waals surface area contributed by atoms with Gasteiger partial charge in [0.25, 0.3) is 5.91 Å². The van der Waals surface area contributed by atoms with E-state index in [2.05, 4.69) is 10.6 Å². The summed E-state index contributed by atoms with van der Waals surface area (Å²) < 4.78 is 5.96. The maximum atomic E-state index is 12.5. The third kappa shape index (κ3) is 6.54. The van der Waals surface area contributed by atoms with E-state index in [1.807, 2.05) is 28.7 Å². The zero-order chi connectivity index (χ0) is 22.2. The fraction of sp³-hybridized carbons (Fsp3) is 0.0870. The normalized spacial score (nSPS) is 11.3. The minimum absolute atomic E-state index is 0.0843. The van der Waals surface area contributed by atoms with Gasteiger partial charge in [-0.05, 0) is 64.6 Å². The highest BCUT2D eigenvalue weighted by molar-refractivity contribution is 14.1. The number of amides is 2. The highest BCUT2D eigenvalue weighted by Gasteiger charge is 2.22. The van der Waals surface area contributed by atoms with Crippen LogP contribution in [0, 0.1) is 3.57 Å². The minimum Gasteiger partial charge on any atom is -0.480 e. The van der Waals surface area contributed by atoms with Crippen LogP contribution in [0.1, 0.15) is 15.9 Å². The van der Waals surface area contributed by atoms with Crippen molar-refractivity contribution in [2.24, 2.45) is 0 Å². The number of carbonyl (C=O) groups is 3. The van der Waals surface area contributed by atoms with Crippen molar-refractivity contribution in [2.45, 2.75) is 12.5 Å². The van der Waals surface area contributed by atoms with Crippen LogP contribution in [0.2, 0.25) is 0 Å². The van der Waals surface area contributed by atoms with Crippen molar-refractivity contribution in [3.63, 3.8) is 0 Å².